The topological polar surface area (TPSA) is 104 Å². The van der Waals surface area contributed by atoms with Crippen LogP contribution in [0, 0.1) is 20.8 Å². The number of fused-ring (bicyclic) bond motifs is 1. The van der Waals surface area contributed by atoms with Gasteiger partial charge in [0.2, 0.25) is 5.78 Å². The number of benzene rings is 1. The summed E-state index contributed by atoms with van der Waals surface area (Å²) in [5, 5.41) is 15.0. The fraction of sp³-hybridized carbons (Fsp3) is 0.379. The van der Waals surface area contributed by atoms with Gasteiger partial charge in [0.1, 0.15) is 12.4 Å². The second kappa shape index (κ2) is 16.3. The normalized spacial score (nSPS) is 10.4. The highest BCUT2D eigenvalue weighted by Crippen LogP contribution is 2.32. The van der Waals surface area contributed by atoms with Crippen LogP contribution in [0.1, 0.15) is 59.1 Å². The maximum absolute atomic E-state index is 13.0. The van der Waals surface area contributed by atoms with Crippen LogP contribution in [0.5, 0.6) is 0 Å². The van der Waals surface area contributed by atoms with Crippen molar-refractivity contribution in [2.24, 2.45) is 0 Å². The number of anilines is 1. The molecule has 0 saturated heterocycles. The number of aryl methyl sites for hydroxylation is 3. The summed E-state index contributed by atoms with van der Waals surface area (Å²) in [6.45, 7) is 11.3. The van der Waals surface area contributed by atoms with E-state index < -0.39 is 11.7 Å². The molecular weight excluding hydrogens is 523 g/mol. The SMILES string of the molecule is CC.CCO.COCN(C)c1cc(C)cnc1C(=O)c1ccnc2[nH]ncc12.Cc1ccc(C)c(C(F)(F)F)c1. The van der Waals surface area contributed by atoms with E-state index in [1.165, 1.54) is 13.0 Å². The van der Waals surface area contributed by atoms with E-state index in [1.807, 2.05) is 38.8 Å². The van der Waals surface area contributed by atoms with E-state index in [1.54, 1.807) is 51.7 Å². The Kier molecular flexibility index (Phi) is 13.9. The molecule has 1 aromatic carbocycles. The number of hydrogen-bond donors (Lipinski definition) is 2. The first-order chi connectivity index (χ1) is 18.9. The molecule has 3 aromatic heterocycles. The van der Waals surface area contributed by atoms with Gasteiger partial charge < -0.3 is 14.7 Å². The van der Waals surface area contributed by atoms with E-state index >= 15 is 0 Å². The summed E-state index contributed by atoms with van der Waals surface area (Å²) in [4.78, 5) is 23.4. The minimum Gasteiger partial charge on any atom is -0.397 e. The molecule has 2 N–H and O–H groups in total. The summed E-state index contributed by atoms with van der Waals surface area (Å²) in [5.74, 6) is -0.170. The Bertz CT molecular complexity index is 1360. The molecule has 0 aliphatic rings. The van der Waals surface area contributed by atoms with Gasteiger partial charge >= 0.3 is 6.18 Å². The van der Waals surface area contributed by atoms with Crippen LogP contribution in [0.4, 0.5) is 18.9 Å². The smallest absolute Gasteiger partial charge is 0.397 e. The van der Waals surface area contributed by atoms with Crippen molar-refractivity contribution in [1.29, 1.82) is 0 Å². The number of carbonyl (C=O) groups is 1. The molecule has 218 valence electrons. The Hall–Kier alpha value is -3.83. The number of pyridine rings is 2. The molecule has 3 heterocycles. The van der Waals surface area contributed by atoms with E-state index in [-0.39, 0.29) is 18.0 Å². The molecule has 8 nitrogen and oxygen atoms in total. The molecule has 0 bridgehead atoms. The highest BCUT2D eigenvalue weighted by atomic mass is 19.4. The van der Waals surface area contributed by atoms with Gasteiger partial charge in [-0.2, -0.15) is 18.3 Å². The molecule has 4 rings (SSSR count). The van der Waals surface area contributed by atoms with Crippen molar-refractivity contribution in [1.82, 2.24) is 20.2 Å². The lowest BCUT2D eigenvalue weighted by atomic mass is 10.0. The van der Waals surface area contributed by atoms with Crippen molar-refractivity contribution < 1.29 is 27.8 Å². The van der Waals surface area contributed by atoms with Crippen molar-refractivity contribution in [2.45, 2.75) is 47.7 Å². The maximum atomic E-state index is 13.0. The number of nitrogens with one attached hydrogen (secondary N) is 1. The number of alkyl halides is 3. The highest BCUT2D eigenvalue weighted by molar-refractivity contribution is 6.16. The number of aromatic amines is 1. The molecular formula is C29H38F3N5O3. The summed E-state index contributed by atoms with van der Waals surface area (Å²) in [6, 6.07) is 7.92. The molecule has 40 heavy (non-hydrogen) atoms. The molecule has 0 aliphatic carbocycles. The van der Waals surface area contributed by atoms with Crippen LogP contribution in [0.2, 0.25) is 0 Å². The summed E-state index contributed by atoms with van der Waals surface area (Å²) >= 11 is 0. The van der Waals surface area contributed by atoms with E-state index in [0.717, 1.165) is 17.3 Å². The zero-order chi connectivity index (χ0) is 30.5. The number of ketones is 1. The molecule has 0 radical (unpaired) electrons. The molecule has 4 aromatic rings. The van der Waals surface area contributed by atoms with Crippen molar-refractivity contribution in [3.8, 4) is 0 Å². The third kappa shape index (κ3) is 9.42. The van der Waals surface area contributed by atoms with Gasteiger partial charge in [-0.25, -0.2) is 4.98 Å². The third-order valence-corrected chi connectivity index (χ3v) is 5.25. The molecule has 0 unspecified atom stereocenters. The number of aromatic nitrogens is 4. The van der Waals surface area contributed by atoms with Crippen LogP contribution in [-0.4, -0.2) is 58.6 Å². The molecule has 0 atom stereocenters. The predicted molar refractivity (Wildman–Crippen MR) is 152 cm³/mol. The standard InChI is InChI=1S/C16H17N5O2.C9H9F3.C2H6O.C2H6/c1-10-6-13(21(2)9-23-3)14(18-7-10)15(22)11-4-5-17-16-12(11)8-19-20-16;1-6-3-4-7(2)8(5-6)9(10,11)12;1-2-3;1-2/h4-8H,9H2,1-3H3,(H,17,19,20);3-5H,1-2H3;3H,2H2,1H3;1-2H3. The van der Waals surface area contributed by atoms with Gasteiger partial charge in [-0.3, -0.25) is 14.9 Å². The predicted octanol–water partition coefficient (Wildman–Crippen LogP) is 6.28. The van der Waals surface area contributed by atoms with Gasteiger partial charge in [0, 0.05) is 44.1 Å². The largest absolute Gasteiger partial charge is 0.416 e. The molecule has 0 fully saturated rings. The number of aliphatic hydroxyl groups is 1. The zero-order valence-corrected chi connectivity index (χ0v) is 24.2. The lowest BCUT2D eigenvalue weighted by molar-refractivity contribution is -0.138. The van der Waals surface area contributed by atoms with Crippen molar-refractivity contribution in [2.75, 3.05) is 32.4 Å². The Morgan fingerprint density at radius 1 is 1.05 bits per heavy atom. The quantitative estimate of drug-likeness (QED) is 0.218. The first-order valence-electron chi connectivity index (χ1n) is 12.7. The van der Waals surface area contributed by atoms with Gasteiger partial charge in [0.25, 0.3) is 0 Å². The van der Waals surface area contributed by atoms with E-state index in [9.17, 15) is 18.0 Å². The number of halogens is 3. The van der Waals surface area contributed by atoms with Crippen molar-refractivity contribution >= 4 is 22.5 Å². The Morgan fingerprint density at radius 2 is 1.70 bits per heavy atom. The summed E-state index contributed by atoms with van der Waals surface area (Å²) < 4.78 is 41.8. The number of methoxy groups -OCH3 is 1. The number of ether oxygens (including phenoxy) is 1. The minimum atomic E-state index is -4.23. The summed E-state index contributed by atoms with van der Waals surface area (Å²) in [5.41, 5.74) is 3.54. The van der Waals surface area contributed by atoms with Crippen LogP contribution in [-0.2, 0) is 10.9 Å². The molecule has 0 aliphatic heterocycles. The van der Waals surface area contributed by atoms with E-state index in [4.69, 9.17) is 9.84 Å². The van der Waals surface area contributed by atoms with Gasteiger partial charge in [-0.15, -0.1) is 0 Å². The van der Waals surface area contributed by atoms with Gasteiger partial charge in [0.05, 0.1) is 17.4 Å². The lowest BCUT2D eigenvalue weighted by Crippen LogP contribution is -2.23. The van der Waals surface area contributed by atoms with Crippen LogP contribution < -0.4 is 4.90 Å². The van der Waals surface area contributed by atoms with Gasteiger partial charge in [0.15, 0.2) is 5.65 Å². The first kappa shape index (κ1) is 34.2. The van der Waals surface area contributed by atoms with Crippen LogP contribution >= 0.6 is 0 Å². The second-order valence-corrected chi connectivity index (χ2v) is 8.45. The fourth-order valence-electron chi connectivity index (χ4n) is 3.50. The second-order valence-electron chi connectivity index (χ2n) is 8.45. The van der Waals surface area contributed by atoms with Crippen molar-refractivity contribution in [3.05, 3.63) is 82.4 Å². The number of carbonyl (C=O) groups excluding carboxylic acids is 1. The monoisotopic (exact) mass is 561 g/mol. The molecule has 0 spiro atoms. The Balaban J connectivity index is 0.000000396. The summed E-state index contributed by atoms with van der Waals surface area (Å²) in [7, 11) is 3.47. The Morgan fingerprint density at radius 3 is 2.27 bits per heavy atom. The van der Waals surface area contributed by atoms with E-state index in [0.29, 0.717) is 34.6 Å². The average Bonchev–Trinajstić information content (AvgIpc) is 3.40. The Labute approximate surface area is 233 Å². The third-order valence-electron chi connectivity index (χ3n) is 5.25. The number of nitrogens with zero attached hydrogens (tertiary/aromatic N) is 4. The lowest BCUT2D eigenvalue weighted by Gasteiger charge is -2.20. The number of rotatable bonds is 5. The number of hydrogen-bond acceptors (Lipinski definition) is 7. The fourth-order valence-corrected chi connectivity index (χ4v) is 3.50. The molecule has 0 saturated carbocycles. The number of aliphatic hydroxyl groups excluding tert-OH is 1. The van der Waals surface area contributed by atoms with Crippen LogP contribution in [0.15, 0.2) is 48.9 Å². The van der Waals surface area contributed by atoms with Gasteiger partial charge in [-0.05, 0) is 57.0 Å². The first-order valence-corrected chi connectivity index (χ1v) is 12.7. The molecule has 0 amide bonds. The zero-order valence-electron chi connectivity index (χ0n) is 24.2. The summed E-state index contributed by atoms with van der Waals surface area (Å²) in [6.07, 6.45) is 0.643. The van der Waals surface area contributed by atoms with Crippen LogP contribution in [0.3, 0.4) is 0 Å². The van der Waals surface area contributed by atoms with Crippen molar-refractivity contribution in [3.63, 3.8) is 0 Å². The van der Waals surface area contributed by atoms with Gasteiger partial charge in [-0.1, -0.05) is 31.5 Å². The maximum Gasteiger partial charge on any atom is 0.416 e. The van der Waals surface area contributed by atoms with Crippen LogP contribution in [0.25, 0.3) is 11.0 Å². The van der Waals surface area contributed by atoms with E-state index in [2.05, 4.69) is 20.2 Å². The highest BCUT2D eigenvalue weighted by Gasteiger charge is 2.32. The minimum absolute atomic E-state index is 0.170. The average molecular weight is 562 g/mol. The molecule has 11 heteroatoms. The number of H-pyrrole nitrogens is 1.